The van der Waals surface area contributed by atoms with Gasteiger partial charge in [0.15, 0.2) is 0 Å². The molecule has 0 spiro atoms. The smallest absolute Gasteiger partial charge is 0.0589 e. The van der Waals surface area contributed by atoms with Gasteiger partial charge in [-0.2, -0.15) is 0 Å². The number of hydrogen-bond acceptors (Lipinski definition) is 1. The molecule has 0 saturated carbocycles. The minimum absolute atomic E-state index is 0.963. The molecule has 0 atom stereocenters. The molecular formula is C14H21N. The van der Waals surface area contributed by atoms with Gasteiger partial charge in [-0.3, -0.25) is 4.99 Å². The normalized spacial score (nSPS) is 18.0. The second kappa shape index (κ2) is 6.39. The van der Waals surface area contributed by atoms with Crippen LogP contribution in [-0.2, 0) is 0 Å². The number of nitrogens with zero attached hydrogens (tertiary/aromatic N) is 1. The first-order valence-electron chi connectivity index (χ1n) is 5.85. The zero-order valence-corrected chi connectivity index (χ0v) is 9.92. The van der Waals surface area contributed by atoms with E-state index in [1.807, 2.05) is 25.3 Å². The third-order valence-corrected chi connectivity index (χ3v) is 2.87. The van der Waals surface area contributed by atoms with Crippen molar-refractivity contribution >= 4 is 6.21 Å². The lowest BCUT2D eigenvalue weighted by atomic mass is 9.89. The quantitative estimate of drug-likeness (QED) is 0.599. The van der Waals surface area contributed by atoms with E-state index in [1.54, 1.807) is 5.57 Å². The van der Waals surface area contributed by atoms with Crippen LogP contribution in [0.2, 0.25) is 0 Å². The van der Waals surface area contributed by atoms with Crippen molar-refractivity contribution < 1.29 is 0 Å². The van der Waals surface area contributed by atoms with Gasteiger partial charge < -0.3 is 0 Å². The first-order valence-corrected chi connectivity index (χ1v) is 5.85. The Bertz CT molecular complexity index is 305. The number of rotatable bonds is 4. The molecule has 0 fully saturated rings. The molecule has 0 N–H and O–H groups in total. The Balaban J connectivity index is 2.75. The molecule has 15 heavy (non-hydrogen) atoms. The highest BCUT2D eigenvalue weighted by Gasteiger charge is 2.12. The molecule has 0 aromatic carbocycles. The van der Waals surface area contributed by atoms with Gasteiger partial charge in [0.1, 0.15) is 0 Å². The second-order valence-electron chi connectivity index (χ2n) is 3.89. The lowest BCUT2D eigenvalue weighted by Gasteiger charge is -2.19. The van der Waals surface area contributed by atoms with Crippen molar-refractivity contribution in [3.05, 3.63) is 35.6 Å². The molecule has 0 aliphatic heterocycles. The van der Waals surface area contributed by atoms with Gasteiger partial charge in [0.2, 0.25) is 0 Å². The maximum atomic E-state index is 4.37. The van der Waals surface area contributed by atoms with Crippen LogP contribution < -0.4 is 0 Å². The predicted octanol–water partition coefficient (Wildman–Crippen LogP) is 4.43. The number of hydrogen-bond donors (Lipinski definition) is 0. The summed E-state index contributed by atoms with van der Waals surface area (Å²) in [6.45, 7) is 8.28. The van der Waals surface area contributed by atoms with Crippen LogP contribution in [-0.4, -0.2) is 6.21 Å². The Labute approximate surface area is 93.3 Å². The van der Waals surface area contributed by atoms with Crippen molar-refractivity contribution in [1.82, 2.24) is 0 Å². The van der Waals surface area contributed by atoms with Crippen molar-refractivity contribution in [1.29, 1.82) is 0 Å². The van der Waals surface area contributed by atoms with E-state index in [1.165, 1.54) is 24.8 Å². The van der Waals surface area contributed by atoms with Gasteiger partial charge in [0, 0.05) is 6.21 Å². The van der Waals surface area contributed by atoms with Gasteiger partial charge in [0.25, 0.3) is 0 Å². The molecule has 1 aliphatic carbocycles. The minimum Gasteiger partial charge on any atom is -0.257 e. The maximum Gasteiger partial charge on any atom is 0.0589 e. The minimum atomic E-state index is 0.963. The molecule has 82 valence electrons. The highest BCUT2D eigenvalue weighted by atomic mass is 14.7. The van der Waals surface area contributed by atoms with Gasteiger partial charge in [-0.15, -0.1) is 0 Å². The zero-order chi connectivity index (χ0) is 11.1. The summed E-state index contributed by atoms with van der Waals surface area (Å²) in [7, 11) is 0. The average Bonchev–Trinajstić information content (AvgIpc) is 2.29. The fraction of sp³-hybridized carbons (Fsp3) is 0.500. The molecular weight excluding hydrogens is 182 g/mol. The molecule has 1 rings (SSSR count). The summed E-state index contributed by atoms with van der Waals surface area (Å²) in [5.74, 6) is 0. The van der Waals surface area contributed by atoms with Gasteiger partial charge >= 0.3 is 0 Å². The van der Waals surface area contributed by atoms with E-state index in [-0.39, 0.29) is 0 Å². The van der Waals surface area contributed by atoms with Crippen molar-refractivity contribution in [3.63, 3.8) is 0 Å². The van der Waals surface area contributed by atoms with E-state index in [0.717, 1.165) is 18.5 Å². The fourth-order valence-corrected chi connectivity index (χ4v) is 2.00. The van der Waals surface area contributed by atoms with Crippen LogP contribution in [0.25, 0.3) is 0 Å². The third kappa shape index (κ3) is 3.50. The summed E-state index contributed by atoms with van der Waals surface area (Å²) in [4.78, 5) is 4.37. The largest absolute Gasteiger partial charge is 0.257 e. The summed E-state index contributed by atoms with van der Waals surface area (Å²) in [5.41, 5.74) is 3.93. The molecule has 1 aliphatic rings. The third-order valence-electron chi connectivity index (χ3n) is 2.87. The van der Waals surface area contributed by atoms with Crippen LogP contribution in [0.15, 0.2) is 40.6 Å². The van der Waals surface area contributed by atoms with E-state index in [9.17, 15) is 0 Å². The van der Waals surface area contributed by atoms with E-state index in [0.29, 0.717) is 0 Å². The van der Waals surface area contributed by atoms with E-state index >= 15 is 0 Å². The average molecular weight is 203 g/mol. The molecule has 0 radical (unpaired) electrons. The summed E-state index contributed by atoms with van der Waals surface area (Å²) in [6.07, 6.45) is 11.9. The highest BCUT2D eigenvalue weighted by Crippen LogP contribution is 2.31. The monoisotopic (exact) mass is 203 g/mol. The summed E-state index contributed by atoms with van der Waals surface area (Å²) >= 11 is 0. The van der Waals surface area contributed by atoms with Crippen molar-refractivity contribution in [3.8, 4) is 0 Å². The Morgan fingerprint density at radius 1 is 1.40 bits per heavy atom. The standard InChI is InChI=1S/C14H21N/c1-4-6-11-15-12(3)14-10-8-7-9-13(14)5-2/h4,6,11H,3,5,7-10H2,1-2H3/b6-4-,15-11-. The molecule has 0 bridgehead atoms. The Morgan fingerprint density at radius 2 is 2.13 bits per heavy atom. The first kappa shape index (κ1) is 12.0. The van der Waals surface area contributed by atoms with E-state index in [2.05, 4.69) is 18.5 Å². The second-order valence-corrected chi connectivity index (χ2v) is 3.89. The molecule has 0 saturated heterocycles. The highest BCUT2D eigenvalue weighted by molar-refractivity contribution is 5.72. The lowest BCUT2D eigenvalue weighted by molar-refractivity contribution is 0.659. The topological polar surface area (TPSA) is 12.4 Å². The van der Waals surface area contributed by atoms with Crippen LogP contribution in [0.1, 0.15) is 46.0 Å². The van der Waals surface area contributed by atoms with Crippen LogP contribution in [0.3, 0.4) is 0 Å². The van der Waals surface area contributed by atoms with Gasteiger partial charge in [0.05, 0.1) is 5.70 Å². The Kier molecular flexibility index (Phi) is 5.09. The Hall–Kier alpha value is -1.11. The number of allylic oxidation sites excluding steroid dienone is 4. The Morgan fingerprint density at radius 3 is 2.80 bits per heavy atom. The molecule has 1 nitrogen and oxygen atoms in total. The maximum absolute atomic E-state index is 4.37. The molecule has 0 aromatic heterocycles. The summed E-state index contributed by atoms with van der Waals surface area (Å²) in [5, 5.41) is 0. The van der Waals surface area contributed by atoms with Crippen molar-refractivity contribution in [2.45, 2.75) is 46.0 Å². The van der Waals surface area contributed by atoms with Crippen molar-refractivity contribution in [2.75, 3.05) is 0 Å². The zero-order valence-electron chi connectivity index (χ0n) is 9.92. The summed E-state index contributed by atoms with van der Waals surface area (Å²) in [6, 6.07) is 0. The first-order chi connectivity index (χ1) is 7.29. The summed E-state index contributed by atoms with van der Waals surface area (Å²) < 4.78 is 0. The van der Waals surface area contributed by atoms with Crippen LogP contribution in [0, 0.1) is 0 Å². The van der Waals surface area contributed by atoms with Crippen LogP contribution in [0.5, 0.6) is 0 Å². The molecule has 0 amide bonds. The van der Waals surface area contributed by atoms with Gasteiger partial charge in [-0.25, -0.2) is 0 Å². The van der Waals surface area contributed by atoms with Gasteiger partial charge in [-0.05, 0) is 50.7 Å². The predicted molar refractivity (Wildman–Crippen MR) is 68.2 cm³/mol. The fourth-order valence-electron chi connectivity index (χ4n) is 2.00. The van der Waals surface area contributed by atoms with Gasteiger partial charge in [-0.1, -0.05) is 25.2 Å². The molecule has 0 unspecified atom stereocenters. The lowest BCUT2D eigenvalue weighted by Crippen LogP contribution is -2.00. The SMILES string of the molecule is C=C(/N=C\C=C/C)C1=C(CC)CCCC1. The van der Waals surface area contributed by atoms with Crippen LogP contribution >= 0.6 is 0 Å². The molecule has 0 heterocycles. The van der Waals surface area contributed by atoms with E-state index < -0.39 is 0 Å². The van der Waals surface area contributed by atoms with Crippen LogP contribution in [0.4, 0.5) is 0 Å². The number of aliphatic imine (C=N–C) groups is 1. The van der Waals surface area contributed by atoms with Crippen molar-refractivity contribution in [2.24, 2.45) is 4.99 Å². The molecule has 1 heteroatoms. The van der Waals surface area contributed by atoms with E-state index in [4.69, 9.17) is 0 Å². The molecule has 0 aromatic rings.